The number of aromatic nitrogens is 2. The third kappa shape index (κ3) is 2.49. The number of hydrogen-bond acceptors (Lipinski definition) is 5. The van der Waals surface area contributed by atoms with E-state index in [0.717, 1.165) is 18.7 Å². The number of para-hydroxylation sites is 2. The Bertz CT molecular complexity index is 471. The van der Waals surface area contributed by atoms with Gasteiger partial charge in [0.25, 0.3) is 5.19 Å². The third-order valence-electron chi connectivity index (χ3n) is 1.99. The van der Waals surface area contributed by atoms with Gasteiger partial charge in [0.05, 0.1) is 0 Å². The lowest BCUT2D eigenvalue weighted by Crippen LogP contribution is -1.87. The maximum Gasteiger partial charge on any atom is 0.298 e. The number of aromatic hydroxyl groups is 1. The number of hydrogen-bond donors (Lipinski definition) is 1. The third-order valence-corrected chi connectivity index (χ3v) is 2.62. The smallest absolute Gasteiger partial charge is 0.298 e. The summed E-state index contributed by atoms with van der Waals surface area (Å²) in [7, 11) is 0. The van der Waals surface area contributed by atoms with E-state index in [9.17, 15) is 5.11 Å². The van der Waals surface area contributed by atoms with E-state index < -0.39 is 0 Å². The molecule has 0 saturated heterocycles. The van der Waals surface area contributed by atoms with Crippen LogP contribution in [0.25, 0.3) is 0 Å². The van der Waals surface area contributed by atoms with Crippen molar-refractivity contribution in [1.29, 1.82) is 0 Å². The summed E-state index contributed by atoms with van der Waals surface area (Å²) in [5.74, 6) is 1.30. The van der Waals surface area contributed by atoms with Crippen molar-refractivity contribution < 1.29 is 9.84 Å². The fourth-order valence-corrected chi connectivity index (χ4v) is 1.83. The second kappa shape index (κ2) is 4.94. The van der Waals surface area contributed by atoms with Gasteiger partial charge in [-0.2, -0.15) is 9.36 Å². The molecule has 0 radical (unpaired) electrons. The summed E-state index contributed by atoms with van der Waals surface area (Å²) in [6.45, 7) is 2.07. The van der Waals surface area contributed by atoms with E-state index in [1.807, 2.05) is 0 Å². The molecule has 0 fully saturated rings. The van der Waals surface area contributed by atoms with Crippen LogP contribution in [-0.4, -0.2) is 14.5 Å². The molecule has 1 aromatic carbocycles. The Kier molecular flexibility index (Phi) is 3.36. The van der Waals surface area contributed by atoms with Crippen molar-refractivity contribution in [1.82, 2.24) is 9.36 Å². The van der Waals surface area contributed by atoms with Crippen LogP contribution in [0.1, 0.15) is 19.2 Å². The summed E-state index contributed by atoms with van der Waals surface area (Å²) in [4.78, 5) is 4.21. The van der Waals surface area contributed by atoms with Crippen molar-refractivity contribution in [2.45, 2.75) is 19.8 Å². The average Bonchev–Trinajstić information content (AvgIpc) is 2.70. The second-order valence-electron chi connectivity index (χ2n) is 3.30. The predicted octanol–water partition coefficient (Wildman–Crippen LogP) is 2.99. The summed E-state index contributed by atoms with van der Waals surface area (Å²) in [6, 6.07) is 6.80. The molecule has 0 bridgehead atoms. The first-order valence-corrected chi connectivity index (χ1v) is 5.85. The molecule has 1 aromatic heterocycles. The quantitative estimate of drug-likeness (QED) is 0.886. The molecule has 1 heterocycles. The molecule has 0 aliphatic rings. The topological polar surface area (TPSA) is 55.2 Å². The van der Waals surface area contributed by atoms with E-state index in [2.05, 4.69) is 16.3 Å². The largest absolute Gasteiger partial charge is 0.504 e. The van der Waals surface area contributed by atoms with Gasteiger partial charge in [-0.3, -0.25) is 0 Å². The standard InChI is InChI=1S/C11H12N2O2S/c1-2-5-10-12-11(16-13-10)15-9-7-4-3-6-8(9)14/h3-4,6-7,14H,2,5H2,1H3. The maximum absolute atomic E-state index is 9.51. The molecule has 0 amide bonds. The van der Waals surface area contributed by atoms with Crippen LogP contribution in [0, 0.1) is 0 Å². The number of aryl methyl sites for hydroxylation is 1. The average molecular weight is 236 g/mol. The first-order chi connectivity index (χ1) is 7.79. The van der Waals surface area contributed by atoms with Crippen molar-refractivity contribution in [3.8, 4) is 16.7 Å². The molecule has 0 unspecified atom stereocenters. The van der Waals surface area contributed by atoms with Gasteiger partial charge in [-0.1, -0.05) is 19.1 Å². The van der Waals surface area contributed by atoms with Gasteiger partial charge in [-0.25, -0.2) is 0 Å². The van der Waals surface area contributed by atoms with Crippen molar-refractivity contribution in [2.24, 2.45) is 0 Å². The minimum absolute atomic E-state index is 0.106. The molecule has 0 saturated carbocycles. The molecule has 16 heavy (non-hydrogen) atoms. The van der Waals surface area contributed by atoms with Gasteiger partial charge in [0.2, 0.25) is 0 Å². The number of phenolic OH excluding ortho intramolecular Hbond substituents is 1. The van der Waals surface area contributed by atoms with Gasteiger partial charge in [0.1, 0.15) is 5.82 Å². The van der Waals surface area contributed by atoms with Crippen LogP contribution in [-0.2, 0) is 6.42 Å². The molecule has 5 heteroatoms. The number of ether oxygens (including phenoxy) is 1. The number of benzene rings is 1. The molecule has 0 spiro atoms. The SMILES string of the molecule is CCCc1nsc(Oc2ccccc2O)n1. The molecule has 0 aliphatic carbocycles. The molecule has 0 atom stereocenters. The lowest BCUT2D eigenvalue weighted by atomic mass is 10.3. The Morgan fingerprint density at radius 1 is 1.38 bits per heavy atom. The minimum Gasteiger partial charge on any atom is -0.504 e. The second-order valence-corrected chi connectivity index (χ2v) is 4.01. The van der Waals surface area contributed by atoms with Gasteiger partial charge >= 0.3 is 0 Å². The molecular weight excluding hydrogens is 224 g/mol. The van der Waals surface area contributed by atoms with Gasteiger partial charge in [-0.15, -0.1) is 0 Å². The zero-order valence-electron chi connectivity index (χ0n) is 8.88. The van der Waals surface area contributed by atoms with E-state index in [1.165, 1.54) is 11.5 Å². The summed E-state index contributed by atoms with van der Waals surface area (Å²) in [6.07, 6.45) is 1.85. The molecule has 2 aromatic rings. The van der Waals surface area contributed by atoms with Crippen LogP contribution in [0.4, 0.5) is 0 Å². The zero-order chi connectivity index (χ0) is 11.4. The Labute approximate surface area is 97.7 Å². The fraction of sp³-hybridized carbons (Fsp3) is 0.273. The molecular formula is C11H12N2O2S. The number of nitrogens with zero attached hydrogens (tertiary/aromatic N) is 2. The lowest BCUT2D eigenvalue weighted by Gasteiger charge is -2.02. The van der Waals surface area contributed by atoms with Gasteiger partial charge in [0.15, 0.2) is 11.5 Å². The fourth-order valence-electron chi connectivity index (χ4n) is 1.24. The van der Waals surface area contributed by atoms with Crippen molar-refractivity contribution in [3.05, 3.63) is 30.1 Å². The van der Waals surface area contributed by atoms with Crippen LogP contribution in [0.15, 0.2) is 24.3 Å². The Morgan fingerprint density at radius 3 is 2.94 bits per heavy atom. The van der Waals surface area contributed by atoms with Crippen molar-refractivity contribution >= 4 is 11.5 Å². The van der Waals surface area contributed by atoms with Crippen LogP contribution < -0.4 is 4.74 Å². The molecule has 0 aliphatic heterocycles. The number of rotatable bonds is 4. The highest BCUT2D eigenvalue weighted by molar-refractivity contribution is 7.07. The summed E-state index contributed by atoms with van der Waals surface area (Å²) < 4.78 is 9.59. The zero-order valence-corrected chi connectivity index (χ0v) is 9.70. The van der Waals surface area contributed by atoms with Crippen molar-refractivity contribution in [3.63, 3.8) is 0 Å². The van der Waals surface area contributed by atoms with E-state index in [4.69, 9.17) is 4.74 Å². The van der Waals surface area contributed by atoms with Crippen LogP contribution in [0.2, 0.25) is 0 Å². The molecule has 84 valence electrons. The summed E-state index contributed by atoms with van der Waals surface area (Å²) >= 11 is 1.20. The van der Waals surface area contributed by atoms with Crippen LogP contribution >= 0.6 is 11.5 Å². The highest BCUT2D eigenvalue weighted by atomic mass is 32.1. The predicted molar refractivity (Wildman–Crippen MR) is 62.1 cm³/mol. The van der Waals surface area contributed by atoms with Crippen LogP contribution in [0.3, 0.4) is 0 Å². The summed E-state index contributed by atoms with van der Waals surface area (Å²) in [5, 5.41) is 9.98. The maximum atomic E-state index is 9.51. The lowest BCUT2D eigenvalue weighted by molar-refractivity contribution is 0.409. The van der Waals surface area contributed by atoms with E-state index in [1.54, 1.807) is 24.3 Å². The van der Waals surface area contributed by atoms with E-state index in [-0.39, 0.29) is 5.75 Å². The van der Waals surface area contributed by atoms with Gasteiger partial charge in [-0.05, 0) is 18.6 Å². The monoisotopic (exact) mass is 236 g/mol. The Balaban J connectivity index is 2.11. The van der Waals surface area contributed by atoms with Gasteiger partial charge < -0.3 is 9.84 Å². The normalized spacial score (nSPS) is 10.3. The summed E-state index contributed by atoms with van der Waals surface area (Å²) in [5.41, 5.74) is 0. The Hall–Kier alpha value is -1.62. The molecule has 1 N–H and O–H groups in total. The number of phenols is 1. The first-order valence-electron chi connectivity index (χ1n) is 5.08. The van der Waals surface area contributed by atoms with Crippen LogP contribution in [0.5, 0.6) is 16.7 Å². The Morgan fingerprint density at radius 2 is 2.19 bits per heavy atom. The molecule has 4 nitrogen and oxygen atoms in total. The highest BCUT2D eigenvalue weighted by Crippen LogP contribution is 2.30. The molecule has 2 rings (SSSR count). The van der Waals surface area contributed by atoms with Crippen molar-refractivity contribution in [2.75, 3.05) is 0 Å². The van der Waals surface area contributed by atoms with E-state index in [0.29, 0.717) is 10.9 Å². The van der Waals surface area contributed by atoms with E-state index >= 15 is 0 Å². The highest BCUT2D eigenvalue weighted by Gasteiger charge is 2.07. The first kappa shape index (κ1) is 10.9. The van der Waals surface area contributed by atoms with Gasteiger partial charge in [0, 0.05) is 18.0 Å². The minimum atomic E-state index is 0.106.